The summed E-state index contributed by atoms with van der Waals surface area (Å²) in [6.07, 6.45) is 14.3. The number of hydrogen-bond acceptors (Lipinski definition) is 0. The molecule has 114 valence electrons. The van der Waals surface area contributed by atoms with E-state index in [0.29, 0.717) is 0 Å². The maximum Gasteiger partial charge on any atom is 4.00 e. The fourth-order valence-corrected chi connectivity index (χ4v) is 7.37. The van der Waals surface area contributed by atoms with Gasteiger partial charge in [-0.15, -0.1) is 6.42 Å². The standard InChI is InChI=1S/C12H19Si.C5H5.2ClH.Hf/c1-2-3-9-13(10-6-11-13)12-7-4-5-8-12;1-2-4-5-3-1;;;/h4-5,7-8H,2-3,6,9-11H2,1H3;1-3H,4H2;2*1H;/q2*-1;;;+4/p-2. The van der Waals surface area contributed by atoms with Crippen LogP contribution in [0.15, 0.2) is 42.5 Å². The van der Waals surface area contributed by atoms with Crippen LogP contribution in [-0.2, 0) is 25.8 Å². The predicted molar refractivity (Wildman–Crippen MR) is 82.9 cm³/mol. The number of rotatable bonds is 4. The molecular formula is C17H24Cl2HfSi. The molecule has 3 rings (SSSR count). The van der Waals surface area contributed by atoms with Crippen LogP contribution >= 0.6 is 0 Å². The fraction of sp³-hybridized carbons (Fsp3) is 0.471. The minimum atomic E-state index is -0.888. The van der Waals surface area contributed by atoms with Crippen LogP contribution in [0, 0.1) is 6.08 Å². The molecule has 1 saturated heterocycles. The van der Waals surface area contributed by atoms with E-state index in [-0.39, 0.29) is 50.7 Å². The van der Waals surface area contributed by atoms with Gasteiger partial charge in [0.25, 0.3) is 0 Å². The van der Waals surface area contributed by atoms with Gasteiger partial charge in [-0.3, -0.25) is 6.08 Å². The van der Waals surface area contributed by atoms with Gasteiger partial charge in [0.05, 0.1) is 0 Å². The zero-order chi connectivity index (χ0) is 12.7. The molecule has 1 fully saturated rings. The predicted octanol–water partition coefficient (Wildman–Crippen LogP) is -1.42. The second-order valence-corrected chi connectivity index (χ2v) is 10.1. The molecule has 1 aromatic rings. The van der Waals surface area contributed by atoms with Crippen LogP contribution in [0.1, 0.15) is 32.6 Å². The zero-order valence-electron chi connectivity index (χ0n) is 12.7. The molecule has 0 N–H and O–H groups in total. The number of hydrogen-bond donors (Lipinski definition) is 0. The summed E-state index contributed by atoms with van der Waals surface area (Å²) in [5, 5.41) is 1.74. The maximum atomic E-state index is 2.99. The Hall–Kier alpha value is 0.497. The molecule has 0 saturated carbocycles. The molecule has 21 heavy (non-hydrogen) atoms. The van der Waals surface area contributed by atoms with Crippen molar-refractivity contribution in [1.29, 1.82) is 0 Å². The molecule has 0 aromatic heterocycles. The Morgan fingerprint density at radius 1 is 1.14 bits per heavy atom. The summed E-state index contributed by atoms with van der Waals surface area (Å²) in [6, 6.07) is 13.9. The molecule has 1 aliphatic heterocycles. The Kier molecular flexibility index (Phi) is 14.7. The molecule has 1 aliphatic carbocycles. The van der Waals surface area contributed by atoms with Crippen molar-refractivity contribution in [2.45, 2.75) is 50.7 Å². The van der Waals surface area contributed by atoms with Gasteiger partial charge in [-0.1, -0.05) is 44.3 Å². The van der Waals surface area contributed by atoms with Crippen molar-refractivity contribution in [3.63, 3.8) is 0 Å². The van der Waals surface area contributed by atoms with Gasteiger partial charge < -0.3 is 24.8 Å². The van der Waals surface area contributed by atoms with Gasteiger partial charge in [0.2, 0.25) is 0 Å². The summed E-state index contributed by atoms with van der Waals surface area (Å²) < 4.78 is 0. The number of allylic oxidation sites excluding steroid dienone is 4. The fourth-order valence-electron chi connectivity index (χ4n) is 2.87. The molecule has 0 spiro atoms. The minimum Gasteiger partial charge on any atom is -1.00 e. The van der Waals surface area contributed by atoms with E-state index in [1.54, 1.807) is 23.3 Å². The first-order valence-corrected chi connectivity index (χ1v) is 9.93. The molecule has 1 heterocycles. The van der Waals surface area contributed by atoms with Gasteiger partial charge in [0, 0.05) is 8.07 Å². The van der Waals surface area contributed by atoms with Crippen LogP contribution in [0.4, 0.5) is 0 Å². The van der Waals surface area contributed by atoms with Crippen LogP contribution < -0.4 is 30.0 Å². The first-order chi connectivity index (χ1) is 8.87. The second kappa shape index (κ2) is 13.0. The molecule has 0 atom stereocenters. The zero-order valence-corrected chi connectivity index (χ0v) is 18.9. The van der Waals surface area contributed by atoms with E-state index in [1.807, 2.05) is 12.2 Å². The Balaban J connectivity index is 0. The van der Waals surface area contributed by atoms with Gasteiger partial charge in [0.15, 0.2) is 0 Å². The van der Waals surface area contributed by atoms with Gasteiger partial charge in [-0.2, -0.15) is 23.4 Å². The molecule has 2 aliphatic rings. The Morgan fingerprint density at radius 2 is 1.81 bits per heavy atom. The van der Waals surface area contributed by atoms with E-state index in [0.717, 1.165) is 6.42 Å². The summed E-state index contributed by atoms with van der Waals surface area (Å²) in [7, 11) is -0.888. The third-order valence-corrected chi connectivity index (χ3v) is 9.67. The molecular weight excluding hydrogens is 482 g/mol. The van der Waals surface area contributed by atoms with Crippen molar-refractivity contribution < 1.29 is 50.7 Å². The summed E-state index contributed by atoms with van der Waals surface area (Å²) >= 11 is 0. The van der Waals surface area contributed by atoms with E-state index in [4.69, 9.17) is 0 Å². The monoisotopic (exact) mass is 506 g/mol. The Labute approximate surface area is 162 Å². The second-order valence-electron chi connectivity index (χ2n) is 5.41. The van der Waals surface area contributed by atoms with Crippen LogP contribution in [0.2, 0.25) is 18.1 Å². The number of halogens is 2. The third-order valence-electron chi connectivity index (χ3n) is 4.18. The molecule has 0 nitrogen and oxygen atoms in total. The van der Waals surface area contributed by atoms with Crippen molar-refractivity contribution in [3.8, 4) is 0 Å². The number of unbranched alkanes of at least 4 members (excludes halogenated alkanes) is 1. The van der Waals surface area contributed by atoms with E-state index >= 15 is 0 Å². The van der Waals surface area contributed by atoms with E-state index in [9.17, 15) is 0 Å². The van der Waals surface area contributed by atoms with Crippen molar-refractivity contribution in [2.75, 3.05) is 0 Å². The van der Waals surface area contributed by atoms with Gasteiger partial charge in [-0.25, -0.2) is 24.3 Å². The Bertz CT molecular complexity index is 385. The van der Waals surface area contributed by atoms with Crippen LogP contribution in [0.25, 0.3) is 0 Å². The minimum absolute atomic E-state index is 0. The quantitative estimate of drug-likeness (QED) is 0.348. The summed E-state index contributed by atoms with van der Waals surface area (Å²) in [4.78, 5) is 0. The normalized spacial score (nSPS) is 16.4. The van der Waals surface area contributed by atoms with E-state index in [1.165, 1.54) is 19.3 Å². The molecule has 0 radical (unpaired) electrons. The van der Waals surface area contributed by atoms with Crippen molar-refractivity contribution >= 4 is 13.3 Å². The van der Waals surface area contributed by atoms with Crippen molar-refractivity contribution in [3.05, 3.63) is 48.6 Å². The topological polar surface area (TPSA) is 0 Å². The smallest absolute Gasteiger partial charge is 1.00 e. The first-order valence-electron chi connectivity index (χ1n) is 7.31. The van der Waals surface area contributed by atoms with Crippen LogP contribution in [0.3, 0.4) is 0 Å². The van der Waals surface area contributed by atoms with Crippen LogP contribution in [-0.4, -0.2) is 8.07 Å². The Morgan fingerprint density at radius 3 is 2.14 bits per heavy atom. The largest absolute Gasteiger partial charge is 4.00 e. The molecule has 0 bridgehead atoms. The van der Waals surface area contributed by atoms with E-state index in [2.05, 4.69) is 43.3 Å². The average Bonchev–Trinajstić information content (AvgIpc) is 3.04. The maximum absolute atomic E-state index is 2.99. The molecule has 1 aromatic carbocycles. The third kappa shape index (κ3) is 7.07. The molecule has 0 amide bonds. The van der Waals surface area contributed by atoms with Crippen molar-refractivity contribution in [2.24, 2.45) is 0 Å². The summed E-state index contributed by atoms with van der Waals surface area (Å²) in [6.45, 7) is 2.31. The summed E-state index contributed by atoms with van der Waals surface area (Å²) in [5.74, 6) is 0. The molecule has 0 unspecified atom stereocenters. The average molecular weight is 506 g/mol. The van der Waals surface area contributed by atoms with Gasteiger partial charge in [-0.05, 0) is 0 Å². The summed E-state index contributed by atoms with van der Waals surface area (Å²) in [5.41, 5.74) is 0. The van der Waals surface area contributed by atoms with Gasteiger partial charge >= 0.3 is 25.8 Å². The van der Waals surface area contributed by atoms with Crippen molar-refractivity contribution in [1.82, 2.24) is 0 Å². The SMILES string of the molecule is CCCC[Si]1([c-]2cccc2)CCC1.[C-]1=CC=CC1.[Cl-].[Cl-].[Hf+4]. The van der Waals surface area contributed by atoms with E-state index < -0.39 is 8.07 Å². The van der Waals surface area contributed by atoms with Gasteiger partial charge in [0.1, 0.15) is 0 Å². The van der Waals surface area contributed by atoms with Crippen LogP contribution in [0.5, 0.6) is 0 Å². The molecule has 4 heteroatoms. The first kappa shape index (κ1) is 23.8.